The Morgan fingerprint density at radius 1 is 1.00 bits per heavy atom. The van der Waals surface area contributed by atoms with Crippen molar-refractivity contribution < 1.29 is 4.79 Å². The number of nitrogens with zero attached hydrogens (tertiary/aromatic N) is 1. The number of para-hydroxylation sites is 1. The molecule has 2 aromatic carbocycles. The van der Waals surface area contributed by atoms with Crippen molar-refractivity contribution in [3.63, 3.8) is 0 Å². The molecule has 0 aromatic heterocycles. The van der Waals surface area contributed by atoms with Crippen molar-refractivity contribution in [1.29, 1.82) is 0 Å². The summed E-state index contributed by atoms with van der Waals surface area (Å²) in [5.74, 6) is 0.111. The van der Waals surface area contributed by atoms with Crippen LogP contribution in [0.4, 0.5) is 5.69 Å². The molecule has 102 valence electrons. The van der Waals surface area contributed by atoms with Gasteiger partial charge in [-0.25, -0.2) is 0 Å². The summed E-state index contributed by atoms with van der Waals surface area (Å²) in [5.41, 5.74) is 4.31. The first kappa shape index (κ1) is 12.9. The summed E-state index contributed by atoms with van der Waals surface area (Å²) in [6.45, 7) is 2.85. The van der Waals surface area contributed by atoms with E-state index in [9.17, 15) is 4.79 Å². The lowest BCUT2D eigenvalue weighted by Gasteiger charge is -2.23. The molecular formula is C18H19NO. The molecule has 0 fully saturated rings. The van der Waals surface area contributed by atoms with Gasteiger partial charge >= 0.3 is 0 Å². The van der Waals surface area contributed by atoms with Crippen molar-refractivity contribution in [2.75, 3.05) is 11.4 Å². The zero-order chi connectivity index (χ0) is 13.9. The van der Waals surface area contributed by atoms with Crippen LogP contribution in [0.3, 0.4) is 0 Å². The smallest absolute Gasteiger partial charge is 0.258 e. The second-order valence-corrected chi connectivity index (χ2v) is 5.41. The molecule has 0 unspecified atom stereocenters. The van der Waals surface area contributed by atoms with Crippen LogP contribution in [-0.2, 0) is 6.42 Å². The van der Waals surface area contributed by atoms with Crippen LogP contribution in [0.15, 0.2) is 48.5 Å². The van der Waals surface area contributed by atoms with Crippen LogP contribution in [0.1, 0.15) is 34.3 Å². The average Bonchev–Trinajstić information content (AvgIpc) is 2.69. The van der Waals surface area contributed by atoms with Crippen LogP contribution in [0.25, 0.3) is 0 Å². The lowest BCUT2D eigenvalue weighted by atomic mass is 10.1. The summed E-state index contributed by atoms with van der Waals surface area (Å²) < 4.78 is 0. The van der Waals surface area contributed by atoms with Gasteiger partial charge in [-0.2, -0.15) is 0 Å². The molecule has 20 heavy (non-hydrogen) atoms. The quantitative estimate of drug-likeness (QED) is 0.763. The molecule has 0 aliphatic carbocycles. The van der Waals surface area contributed by atoms with Crippen molar-refractivity contribution in [2.24, 2.45) is 0 Å². The van der Waals surface area contributed by atoms with E-state index in [1.807, 2.05) is 42.2 Å². The van der Waals surface area contributed by atoms with Gasteiger partial charge in [0.1, 0.15) is 0 Å². The fraction of sp³-hybridized carbons (Fsp3) is 0.278. The van der Waals surface area contributed by atoms with E-state index in [2.05, 4.69) is 18.2 Å². The first-order chi connectivity index (χ1) is 9.75. The number of carbonyl (C=O) groups excluding carboxylic acids is 1. The Bertz CT molecular complexity index is 616. The first-order valence-electron chi connectivity index (χ1n) is 7.22. The molecule has 1 heterocycles. The Morgan fingerprint density at radius 2 is 1.75 bits per heavy atom. The predicted molar refractivity (Wildman–Crippen MR) is 82.2 cm³/mol. The molecule has 0 saturated carbocycles. The normalized spacial score (nSPS) is 14.6. The van der Waals surface area contributed by atoms with Crippen LogP contribution in [0.2, 0.25) is 0 Å². The van der Waals surface area contributed by atoms with Crippen molar-refractivity contribution in [3.8, 4) is 0 Å². The van der Waals surface area contributed by atoms with Crippen molar-refractivity contribution in [2.45, 2.75) is 26.2 Å². The lowest BCUT2D eigenvalue weighted by molar-refractivity contribution is 0.0987. The SMILES string of the molecule is Cc1ccc(C(=O)N2CCCCc3ccccc32)cc1. The number of hydrogen-bond donors (Lipinski definition) is 0. The Kier molecular flexibility index (Phi) is 3.55. The predicted octanol–water partition coefficient (Wildman–Crippen LogP) is 3.98. The van der Waals surface area contributed by atoms with Crippen LogP contribution in [0, 0.1) is 6.92 Å². The Morgan fingerprint density at radius 3 is 2.55 bits per heavy atom. The van der Waals surface area contributed by atoms with Crippen molar-refractivity contribution in [3.05, 3.63) is 65.2 Å². The standard InChI is InChI=1S/C18H19NO/c1-14-9-11-16(12-10-14)18(20)19-13-5-4-7-15-6-2-3-8-17(15)19/h2-3,6,8-12H,4-5,7,13H2,1H3. The molecule has 1 aliphatic heterocycles. The minimum Gasteiger partial charge on any atom is -0.308 e. The van der Waals surface area contributed by atoms with Crippen molar-refractivity contribution >= 4 is 11.6 Å². The third-order valence-corrected chi connectivity index (χ3v) is 3.90. The van der Waals surface area contributed by atoms with Crippen LogP contribution in [-0.4, -0.2) is 12.5 Å². The van der Waals surface area contributed by atoms with Crippen molar-refractivity contribution in [1.82, 2.24) is 0 Å². The summed E-state index contributed by atoms with van der Waals surface area (Å²) >= 11 is 0. The molecule has 0 atom stereocenters. The number of carbonyl (C=O) groups is 1. The maximum atomic E-state index is 12.8. The number of benzene rings is 2. The summed E-state index contributed by atoms with van der Waals surface area (Å²) in [6, 6.07) is 16.1. The Balaban J connectivity index is 1.97. The number of rotatable bonds is 1. The maximum absolute atomic E-state index is 12.8. The average molecular weight is 265 g/mol. The highest BCUT2D eigenvalue weighted by Gasteiger charge is 2.21. The van der Waals surface area contributed by atoms with Crippen LogP contribution >= 0.6 is 0 Å². The van der Waals surface area contributed by atoms with Crippen LogP contribution in [0.5, 0.6) is 0 Å². The van der Waals surface area contributed by atoms with E-state index < -0.39 is 0 Å². The van der Waals surface area contributed by atoms with Gasteiger partial charge in [0.2, 0.25) is 0 Å². The molecule has 2 nitrogen and oxygen atoms in total. The van der Waals surface area contributed by atoms with E-state index in [4.69, 9.17) is 0 Å². The molecule has 3 rings (SSSR count). The molecule has 0 saturated heterocycles. The number of hydrogen-bond acceptors (Lipinski definition) is 1. The number of fused-ring (bicyclic) bond motifs is 1. The van der Waals surface area contributed by atoms with Gasteiger partial charge in [0, 0.05) is 17.8 Å². The van der Waals surface area contributed by atoms with E-state index in [1.165, 1.54) is 11.1 Å². The van der Waals surface area contributed by atoms with Gasteiger partial charge in [-0.3, -0.25) is 4.79 Å². The van der Waals surface area contributed by atoms with Gasteiger partial charge < -0.3 is 4.90 Å². The largest absolute Gasteiger partial charge is 0.308 e. The van der Waals surface area contributed by atoms with Gasteiger partial charge in [-0.1, -0.05) is 35.9 Å². The fourth-order valence-corrected chi connectivity index (χ4v) is 2.75. The topological polar surface area (TPSA) is 20.3 Å². The second kappa shape index (κ2) is 5.49. The third kappa shape index (κ3) is 2.46. The van der Waals surface area contributed by atoms with E-state index in [1.54, 1.807) is 0 Å². The summed E-state index contributed by atoms with van der Waals surface area (Å²) in [6.07, 6.45) is 3.27. The minimum absolute atomic E-state index is 0.111. The highest BCUT2D eigenvalue weighted by molar-refractivity contribution is 6.06. The van der Waals surface area contributed by atoms with Gasteiger partial charge in [-0.05, 0) is 49.9 Å². The molecule has 1 aliphatic rings. The van der Waals surface area contributed by atoms with E-state index in [-0.39, 0.29) is 5.91 Å². The highest BCUT2D eigenvalue weighted by atomic mass is 16.2. The molecule has 0 spiro atoms. The molecule has 2 heteroatoms. The Hall–Kier alpha value is -2.09. The summed E-state index contributed by atoms with van der Waals surface area (Å²) in [5, 5.41) is 0. The molecule has 0 bridgehead atoms. The van der Waals surface area contributed by atoms with E-state index in [0.29, 0.717) is 0 Å². The summed E-state index contributed by atoms with van der Waals surface area (Å²) in [7, 11) is 0. The minimum atomic E-state index is 0.111. The van der Waals surface area contributed by atoms with Gasteiger partial charge in [0.25, 0.3) is 5.91 Å². The zero-order valence-corrected chi connectivity index (χ0v) is 11.8. The van der Waals surface area contributed by atoms with Gasteiger partial charge in [0.05, 0.1) is 0 Å². The molecule has 1 amide bonds. The number of aryl methyl sites for hydroxylation is 2. The van der Waals surface area contributed by atoms with Gasteiger partial charge in [0.15, 0.2) is 0 Å². The number of anilines is 1. The number of amides is 1. The van der Waals surface area contributed by atoms with Gasteiger partial charge in [-0.15, -0.1) is 0 Å². The highest BCUT2D eigenvalue weighted by Crippen LogP contribution is 2.27. The Labute approximate surface area is 120 Å². The molecule has 0 radical (unpaired) electrons. The maximum Gasteiger partial charge on any atom is 0.258 e. The molecular weight excluding hydrogens is 246 g/mol. The second-order valence-electron chi connectivity index (χ2n) is 5.41. The monoisotopic (exact) mass is 265 g/mol. The fourth-order valence-electron chi connectivity index (χ4n) is 2.75. The molecule has 2 aromatic rings. The van der Waals surface area contributed by atoms with Crippen LogP contribution < -0.4 is 4.90 Å². The zero-order valence-electron chi connectivity index (χ0n) is 11.8. The third-order valence-electron chi connectivity index (χ3n) is 3.90. The molecule has 0 N–H and O–H groups in total. The first-order valence-corrected chi connectivity index (χ1v) is 7.22. The summed E-state index contributed by atoms with van der Waals surface area (Å²) in [4.78, 5) is 14.7. The van der Waals surface area contributed by atoms with E-state index in [0.717, 1.165) is 37.1 Å². The van der Waals surface area contributed by atoms with E-state index >= 15 is 0 Å². The lowest BCUT2D eigenvalue weighted by Crippen LogP contribution is -2.31.